The predicted octanol–water partition coefficient (Wildman–Crippen LogP) is 3.52. The van der Waals surface area contributed by atoms with Crippen molar-refractivity contribution in [1.82, 2.24) is 4.57 Å². The Labute approximate surface area is 137 Å². The van der Waals surface area contributed by atoms with Crippen molar-refractivity contribution in [3.63, 3.8) is 0 Å². The van der Waals surface area contributed by atoms with Gasteiger partial charge in [0.2, 0.25) is 5.91 Å². The Kier molecular flexibility index (Phi) is 3.68. The zero-order chi connectivity index (χ0) is 16.0. The summed E-state index contributed by atoms with van der Waals surface area (Å²) in [6, 6.07) is 7.60. The molecule has 2 aromatic rings. The molecule has 114 valence electrons. The van der Waals surface area contributed by atoms with Gasteiger partial charge in [0.05, 0.1) is 16.2 Å². The molecule has 1 atom stereocenters. The summed E-state index contributed by atoms with van der Waals surface area (Å²) >= 11 is 3.37. The fourth-order valence-corrected chi connectivity index (χ4v) is 3.25. The summed E-state index contributed by atoms with van der Waals surface area (Å²) in [4.78, 5) is 26.8. The number of halogens is 1. The molecule has 1 aromatic carbocycles. The number of para-hydroxylation sites is 1. The molecule has 0 saturated carbocycles. The molecule has 1 unspecified atom stereocenters. The van der Waals surface area contributed by atoms with Crippen molar-refractivity contribution in [3.8, 4) is 0 Å². The Morgan fingerprint density at radius 3 is 2.68 bits per heavy atom. The number of anilines is 2. The fourth-order valence-electron chi connectivity index (χ4n) is 3.04. The molecule has 0 N–H and O–H groups in total. The van der Waals surface area contributed by atoms with Gasteiger partial charge in [0.25, 0.3) is 0 Å². The van der Waals surface area contributed by atoms with E-state index in [-0.39, 0.29) is 16.5 Å². The average Bonchev–Trinajstić information content (AvgIpc) is 2.68. The summed E-state index contributed by atoms with van der Waals surface area (Å²) in [6.45, 7) is 3.73. The van der Waals surface area contributed by atoms with Gasteiger partial charge in [-0.25, -0.2) is 0 Å². The first-order valence-electron chi connectivity index (χ1n) is 7.17. The van der Waals surface area contributed by atoms with Crippen LogP contribution >= 0.6 is 15.9 Å². The number of fused-ring (bicyclic) bond motifs is 2. The van der Waals surface area contributed by atoms with Gasteiger partial charge in [-0.15, -0.1) is 0 Å². The van der Waals surface area contributed by atoms with Crippen LogP contribution < -0.4 is 4.90 Å². The molecule has 1 amide bonds. The van der Waals surface area contributed by atoms with Crippen molar-refractivity contribution in [3.05, 3.63) is 47.3 Å². The summed E-state index contributed by atoms with van der Waals surface area (Å²) in [7, 11) is 1.85. The quantitative estimate of drug-likeness (QED) is 0.730. The summed E-state index contributed by atoms with van der Waals surface area (Å²) < 4.78 is 1.82. The van der Waals surface area contributed by atoms with Crippen LogP contribution in [-0.2, 0) is 18.3 Å². The smallest absolute Gasteiger partial charge is 0.245 e. The van der Waals surface area contributed by atoms with E-state index in [0.29, 0.717) is 17.8 Å². The van der Waals surface area contributed by atoms with Crippen molar-refractivity contribution < 1.29 is 9.59 Å². The minimum atomic E-state index is -0.332. The lowest BCUT2D eigenvalue weighted by molar-refractivity contribution is -0.117. The maximum absolute atomic E-state index is 12.8. The second-order valence-corrected chi connectivity index (χ2v) is 7.01. The monoisotopic (exact) mass is 360 g/mol. The Bertz CT molecular complexity index is 777. The van der Waals surface area contributed by atoms with Crippen LogP contribution in [0.15, 0.2) is 30.5 Å². The number of rotatable bonds is 1. The number of nitrogens with zero attached hydrogens (tertiary/aromatic N) is 2. The minimum Gasteiger partial charge on any atom is -0.346 e. The van der Waals surface area contributed by atoms with Crippen molar-refractivity contribution in [2.45, 2.75) is 25.1 Å². The summed E-state index contributed by atoms with van der Waals surface area (Å²) in [5.74, 6) is -0.0340. The standard InChI is InChI=1S/C17H17BrN2O2/c1-10-9-19(3)16-14(21)8-12-6-4-5-7-13(12)20(15(10)16)17(22)11(2)18/h4-7,9,11H,8H2,1-3H3. The Hall–Kier alpha value is -1.88. The van der Waals surface area contributed by atoms with Crippen molar-refractivity contribution in [2.24, 2.45) is 7.05 Å². The van der Waals surface area contributed by atoms with Gasteiger partial charge in [0.1, 0.15) is 5.69 Å². The molecular weight excluding hydrogens is 344 g/mol. The zero-order valence-electron chi connectivity index (χ0n) is 12.8. The number of hydrogen-bond donors (Lipinski definition) is 0. The molecule has 4 nitrogen and oxygen atoms in total. The predicted molar refractivity (Wildman–Crippen MR) is 90.2 cm³/mol. The largest absolute Gasteiger partial charge is 0.346 e. The van der Waals surface area contributed by atoms with Gasteiger partial charge >= 0.3 is 0 Å². The van der Waals surface area contributed by atoms with Crippen LogP contribution in [0.3, 0.4) is 0 Å². The number of amides is 1. The molecule has 1 aromatic heterocycles. The summed E-state index contributed by atoms with van der Waals surface area (Å²) in [5.41, 5.74) is 3.89. The lowest BCUT2D eigenvalue weighted by Gasteiger charge is -2.25. The van der Waals surface area contributed by atoms with Gasteiger partial charge in [-0.2, -0.15) is 0 Å². The average molecular weight is 361 g/mol. The third-order valence-corrected chi connectivity index (χ3v) is 4.36. The number of hydrogen-bond acceptors (Lipinski definition) is 2. The van der Waals surface area contributed by atoms with Crippen molar-refractivity contribution in [1.29, 1.82) is 0 Å². The lowest BCUT2D eigenvalue weighted by atomic mass is 10.1. The van der Waals surface area contributed by atoms with E-state index in [9.17, 15) is 9.59 Å². The maximum atomic E-state index is 12.8. The highest BCUT2D eigenvalue weighted by atomic mass is 79.9. The van der Waals surface area contributed by atoms with Gasteiger partial charge in [-0.3, -0.25) is 14.5 Å². The van der Waals surface area contributed by atoms with E-state index in [1.54, 1.807) is 11.8 Å². The van der Waals surface area contributed by atoms with Gasteiger partial charge in [-0.05, 0) is 31.0 Å². The Morgan fingerprint density at radius 2 is 2.00 bits per heavy atom. The van der Waals surface area contributed by atoms with Crippen LogP contribution in [0.4, 0.5) is 11.4 Å². The number of benzene rings is 1. The molecule has 3 rings (SSSR count). The molecule has 0 saturated heterocycles. The highest BCUT2D eigenvalue weighted by Gasteiger charge is 2.34. The second kappa shape index (κ2) is 5.39. The molecule has 0 bridgehead atoms. The first-order chi connectivity index (χ1) is 10.4. The summed E-state index contributed by atoms with van der Waals surface area (Å²) in [5, 5.41) is 0. The molecule has 0 spiro atoms. The van der Waals surface area contributed by atoms with Crippen LogP contribution in [0.2, 0.25) is 0 Å². The minimum absolute atomic E-state index is 0.0376. The fraction of sp³-hybridized carbons (Fsp3) is 0.294. The molecule has 1 aliphatic rings. The topological polar surface area (TPSA) is 42.3 Å². The highest BCUT2D eigenvalue weighted by molar-refractivity contribution is 9.10. The van der Waals surface area contributed by atoms with Crippen LogP contribution in [0.5, 0.6) is 0 Å². The first kappa shape index (κ1) is 15.0. The maximum Gasteiger partial charge on any atom is 0.245 e. The number of carbonyl (C=O) groups is 2. The van der Waals surface area contributed by atoms with Crippen LogP contribution in [-0.4, -0.2) is 21.1 Å². The third kappa shape index (κ3) is 2.20. The second-order valence-electron chi connectivity index (χ2n) is 5.64. The van der Waals surface area contributed by atoms with Crippen LogP contribution in [0.25, 0.3) is 0 Å². The molecule has 2 heterocycles. The molecule has 0 fully saturated rings. The van der Waals surface area contributed by atoms with E-state index in [4.69, 9.17) is 0 Å². The van der Waals surface area contributed by atoms with E-state index in [1.165, 1.54) is 0 Å². The van der Waals surface area contributed by atoms with E-state index in [1.807, 2.05) is 49.0 Å². The molecule has 1 aliphatic heterocycles. The first-order valence-corrected chi connectivity index (χ1v) is 8.08. The van der Waals surface area contributed by atoms with Crippen LogP contribution in [0, 0.1) is 6.92 Å². The Morgan fingerprint density at radius 1 is 1.32 bits per heavy atom. The van der Waals surface area contributed by atoms with Gasteiger partial charge in [-0.1, -0.05) is 34.1 Å². The zero-order valence-corrected chi connectivity index (χ0v) is 14.3. The normalized spacial score (nSPS) is 15.1. The van der Waals surface area contributed by atoms with E-state index in [0.717, 1.165) is 16.8 Å². The SMILES string of the molecule is Cc1cn(C)c2c1N(C(=O)C(C)Br)c1ccccc1CC2=O. The molecule has 0 aliphatic carbocycles. The molecule has 5 heteroatoms. The molecule has 22 heavy (non-hydrogen) atoms. The van der Waals surface area contributed by atoms with Crippen LogP contribution in [0.1, 0.15) is 28.5 Å². The number of alkyl halides is 1. The van der Waals surface area contributed by atoms with Gasteiger partial charge in [0.15, 0.2) is 5.78 Å². The number of ketones is 1. The number of carbonyl (C=O) groups excluding carboxylic acids is 2. The Balaban J connectivity index is 2.34. The number of Topliss-reactive ketones (excluding diaryl/α,β-unsaturated/α-hetero) is 1. The highest BCUT2D eigenvalue weighted by Crippen LogP contribution is 2.39. The summed E-state index contributed by atoms with van der Waals surface area (Å²) in [6.07, 6.45) is 2.20. The van der Waals surface area contributed by atoms with E-state index >= 15 is 0 Å². The third-order valence-electron chi connectivity index (χ3n) is 3.97. The van der Waals surface area contributed by atoms with E-state index < -0.39 is 0 Å². The molecular formula is C17H17BrN2O2. The van der Waals surface area contributed by atoms with Gasteiger partial charge in [0, 0.05) is 19.7 Å². The van der Waals surface area contributed by atoms with E-state index in [2.05, 4.69) is 15.9 Å². The number of aromatic nitrogens is 1. The molecule has 0 radical (unpaired) electrons. The van der Waals surface area contributed by atoms with Crippen molar-refractivity contribution >= 4 is 39.0 Å². The van der Waals surface area contributed by atoms with Crippen molar-refractivity contribution in [2.75, 3.05) is 4.90 Å². The van der Waals surface area contributed by atoms with Gasteiger partial charge < -0.3 is 4.57 Å². The lowest BCUT2D eigenvalue weighted by Crippen LogP contribution is -2.32. The number of aryl methyl sites for hydroxylation is 2.